The van der Waals surface area contributed by atoms with E-state index in [0.717, 1.165) is 12.0 Å². The van der Waals surface area contributed by atoms with Gasteiger partial charge in [-0.2, -0.15) is 0 Å². The van der Waals surface area contributed by atoms with Gasteiger partial charge in [0.2, 0.25) is 0 Å². The van der Waals surface area contributed by atoms with E-state index in [1.807, 2.05) is 0 Å². The van der Waals surface area contributed by atoms with Gasteiger partial charge in [0.15, 0.2) is 0 Å². The number of nitrogens with one attached hydrogen (secondary N) is 1. The van der Waals surface area contributed by atoms with Gasteiger partial charge in [-0.05, 0) is 58.2 Å². The zero-order valence-electron chi connectivity index (χ0n) is 10.8. The monoisotopic (exact) mass is 212 g/mol. The second-order valence-corrected chi connectivity index (χ2v) is 5.05. The second kappa shape index (κ2) is 7.24. The van der Waals surface area contributed by atoms with Gasteiger partial charge in [-0.25, -0.2) is 0 Å². The fourth-order valence-electron chi connectivity index (χ4n) is 2.69. The van der Waals surface area contributed by atoms with Gasteiger partial charge in [-0.3, -0.25) is 0 Å². The Bertz CT molecular complexity index is 150. The van der Waals surface area contributed by atoms with Crippen LogP contribution in [-0.4, -0.2) is 37.1 Å². The number of hydrogen-bond acceptors (Lipinski definition) is 2. The third-order valence-corrected chi connectivity index (χ3v) is 3.33. The lowest BCUT2D eigenvalue weighted by Crippen LogP contribution is -2.41. The van der Waals surface area contributed by atoms with E-state index in [0.29, 0.717) is 0 Å². The fourth-order valence-corrected chi connectivity index (χ4v) is 2.69. The number of piperidine rings is 1. The normalized spacial score (nSPS) is 27.2. The minimum Gasteiger partial charge on any atom is -0.314 e. The van der Waals surface area contributed by atoms with Gasteiger partial charge in [-0.1, -0.05) is 13.8 Å². The van der Waals surface area contributed by atoms with Crippen molar-refractivity contribution in [3.63, 3.8) is 0 Å². The first kappa shape index (κ1) is 13.0. The molecule has 1 N–H and O–H groups in total. The zero-order chi connectivity index (χ0) is 11.1. The minimum atomic E-state index is 0.730. The van der Waals surface area contributed by atoms with Crippen LogP contribution in [0.4, 0.5) is 0 Å². The van der Waals surface area contributed by atoms with Gasteiger partial charge in [0.25, 0.3) is 0 Å². The third kappa shape index (κ3) is 4.98. The molecule has 1 heterocycles. The molecule has 0 aromatic carbocycles. The molecule has 2 nitrogen and oxygen atoms in total. The Balaban J connectivity index is 2.28. The molecule has 0 saturated carbocycles. The molecule has 0 aromatic rings. The quantitative estimate of drug-likeness (QED) is 0.728. The predicted octanol–water partition coefficient (Wildman–Crippen LogP) is 2.50. The molecule has 1 rings (SSSR count). The molecule has 2 atom stereocenters. The van der Waals surface area contributed by atoms with Crippen LogP contribution < -0.4 is 5.32 Å². The van der Waals surface area contributed by atoms with Crippen LogP contribution in [0.1, 0.15) is 46.5 Å². The van der Waals surface area contributed by atoms with Crippen molar-refractivity contribution in [2.45, 2.75) is 52.5 Å². The SMILES string of the molecule is CCCN(CCC)CC1CCNC(C)C1. The molecule has 15 heavy (non-hydrogen) atoms. The van der Waals surface area contributed by atoms with E-state index in [4.69, 9.17) is 0 Å². The molecule has 0 bridgehead atoms. The van der Waals surface area contributed by atoms with Gasteiger partial charge in [-0.15, -0.1) is 0 Å². The van der Waals surface area contributed by atoms with Crippen LogP contribution >= 0.6 is 0 Å². The van der Waals surface area contributed by atoms with E-state index in [9.17, 15) is 0 Å². The van der Waals surface area contributed by atoms with E-state index < -0.39 is 0 Å². The van der Waals surface area contributed by atoms with Crippen molar-refractivity contribution in [3.05, 3.63) is 0 Å². The minimum absolute atomic E-state index is 0.730. The summed E-state index contributed by atoms with van der Waals surface area (Å²) in [7, 11) is 0. The maximum Gasteiger partial charge on any atom is 0.00418 e. The summed E-state index contributed by atoms with van der Waals surface area (Å²) in [6, 6.07) is 0.730. The van der Waals surface area contributed by atoms with Crippen molar-refractivity contribution < 1.29 is 0 Å². The maximum absolute atomic E-state index is 3.53. The molecule has 1 aliphatic heterocycles. The molecule has 1 saturated heterocycles. The van der Waals surface area contributed by atoms with Crippen molar-refractivity contribution in [1.82, 2.24) is 10.2 Å². The fraction of sp³-hybridized carbons (Fsp3) is 1.00. The van der Waals surface area contributed by atoms with E-state index in [1.165, 1.54) is 51.9 Å². The highest BCUT2D eigenvalue weighted by molar-refractivity contribution is 4.77. The Morgan fingerprint density at radius 2 is 1.87 bits per heavy atom. The number of hydrogen-bond donors (Lipinski definition) is 1. The summed E-state index contributed by atoms with van der Waals surface area (Å²) in [5.41, 5.74) is 0. The maximum atomic E-state index is 3.53. The smallest absolute Gasteiger partial charge is 0.00418 e. The molecule has 0 aliphatic carbocycles. The standard InChI is InChI=1S/C13H28N2/c1-4-8-15(9-5-2)11-13-6-7-14-12(3)10-13/h12-14H,4-11H2,1-3H3. The van der Waals surface area contributed by atoms with Crippen molar-refractivity contribution in [2.75, 3.05) is 26.2 Å². The topological polar surface area (TPSA) is 15.3 Å². The summed E-state index contributed by atoms with van der Waals surface area (Å²) in [5.74, 6) is 0.930. The summed E-state index contributed by atoms with van der Waals surface area (Å²) in [4.78, 5) is 2.66. The lowest BCUT2D eigenvalue weighted by Gasteiger charge is -2.32. The second-order valence-electron chi connectivity index (χ2n) is 5.05. The van der Waals surface area contributed by atoms with Crippen molar-refractivity contribution >= 4 is 0 Å². The van der Waals surface area contributed by atoms with E-state index in [-0.39, 0.29) is 0 Å². The molecule has 0 amide bonds. The summed E-state index contributed by atoms with van der Waals surface area (Å²) in [6.07, 6.45) is 5.32. The third-order valence-electron chi connectivity index (χ3n) is 3.33. The Morgan fingerprint density at radius 1 is 1.20 bits per heavy atom. The van der Waals surface area contributed by atoms with E-state index in [2.05, 4.69) is 31.0 Å². The van der Waals surface area contributed by atoms with E-state index in [1.54, 1.807) is 0 Å². The highest BCUT2D eigenvalue weighted by Crippen LogP contribution is 2.17. The average molecular weight is 212 g/mol. The zero-order valence-corrected chi connectivity index (χ0v) is 10.8. The molecule has 90 valence electrons. The van der Waals surface area contributed by atoms with Gasteiger partial charge in [0, 0.05) is 12.6 Å². The summed E-state index contributed by atoms with van der Waals surface area (Å²) < 4.78 is 0. The molecule has 2 heteroatoms. The summed E-state index contributed by atoms with van der Waals surface area (Å²) in [5, 5.41) is 3.53. The Kier molecular flexibility index (Phi) is 6.26. The highest BCUT2D eigenvalue weighted by Gasteiger charge is 2.20. The van der Waals surface area contributed by atoms with Crippen LogP contribution in [0.25, 0.3) is 0 Å². The van der Waals surface area contributed by atoms with Crippen LogP contribution in [0.5, 0.6) is 0 Å². The molecule has 0 spiro atoms. The van der Waals surface area contributed by atoms with Crippen molar-refractivity contribution in [2.24, 2.45) is 5.92 Å². The van der Waals surface area contributed by atoms with Gasteiger partial charge >= 0.3 is 0 Å². The number of nitrogens with zero attached hydrogens (tertiary/aromatic N) is 1. The molecule has 2 unspecified atom stereocenters. The molecular formula is C13H28N2. The first-order chi connectivity index (χ1) is 7.26. The first-order valence-electron chi connectivity index (χ1n) is 6.72. The van der Waals surface area contributed by atoms with Crippen LogP contribution in [-0.2, 0) is 0 Å². The van der Waals surface area contributed by atoms with Crippen molar-refractivity contribution in [3.8, 4) is 0 Å². The number of rotatable bonds is 6. The molecule has 0 radical (unpaired) electrons. The molecule has 0 aromatic heterocycles. The van der Waals surface area contributed by atoms with Gasteiger partial charge in [0.1, 0.15) is 0 Å². The van der Waals surface area contributed by atoms with Crippen LogP contribution in [0.2, 0.25) is 0 Å². The summed E-state index contributed by atoms with van der Waals surface area (Å²) in [6.45, 7) is 12.0. The van der Waals surface area contributed by atoms with Gasteiger partial charge < -0.3 is 10.2 Å². The lowest BCUT2D eigenvalue weighted by molar-refractivity contribution is 0.192. The van der Waals surface area contributed by atoms with Crippen LogP contribution in [0.3, 0.4) is 0 Å². The average Bonchev–Trinajstić information content (AvgIpc) is 2.18. The van der Waals surface area contributed by atoms with Crippen LogP contribution in [0, 0.1) is 5.92 Å². The summed E-state index contributed by atoms with van der Waals surface area (Å²) >= 11 is 0. The van der Waals surface area contributed by atoms with E-state index >= 15 is 0 Å². The van der Waals surface area contributed by atoms with Gasteiger partial charge in [0.05, 0.1) is 0 Å². The molecule has 1 aliphatic rings. The van der Waals surface area contributed by atoms with Crippen LogP contribution in [0.15, 0.2) is 0 Å². The molecular weight excluding hydrogens is 184 g/mol. The lowest BCUT2D eigenvalue weighted by atomic mass is 9.92. The Labute approximate surface area is 95.4 Å². The predicted molar refractivity (Wildman–Crippen MR) is 67.2 cm³/mol. The Hall–Kier alpha value is -0.0800. The largest absolute Gasteiger partial charge is 0.314 e. The Morgan fingerprint density at radius 3 is 2.40 bits per heavy atom. The van der Waals surface area contributed by atoms with Crippen molar-refractivity contribution in [1.29, 1.82) is 0 Å². The highest BCUT2D eigenvalue weighted by atomic mass is 15.1. The molecule has 1 fully saturated rings. The first-order valence-corrected chi connectivity index (χ1v) is 6.72.